The number of nitrogens with one attached hydrogen (secondary N) is 2. The summed E-state index contributed by atoms with van der Waals surface area (Å²) in [4.78, 5) is 38.8. The monoisotopic (exact) mass is 421 g/mol. The zero-order valence-electron chi connectivity index (χ0n) is 17.1. The highest BCUT2D eigenvalue weighted by atomic mass is 35.5. The quantitative estimate of drug-likeness (QED) is 0.683. The average molecular weight is 422 g/mol. The molecule has 1 spiro atoms. The fourth-order valence-electron chi connectivity index (χ4n) is 3.94. The molecule has 158 valence electrons. The average Bonchev–Trinajstić information content (AvgIpc) is 2.88. The Hall–Kier alpha value is -2.28. The fraction of sp³-hybridized carbons (Fsp3) is 0.571. The molecule has 1 heterocycles. The van der Waals surface area contributed by atoms with Crippen molar-refractivity contribution in [1.29, 1.82) is 0 Å². The molecule has 0 radical (unpaired) electrons. The lowest BCUT2D eigenvalue weighted by Gasteiger charge is -2.36. The Kier molecular flexibility index (Phi) is 6.36. The van der Waals surface area contributed by atoms with Gasteiger partial charge in [-0.2, -0.15) is 0 Å². The summed E-state index contributed by atoms with van der Waals surface area (Å²) in [7, 11) is 0. The maximum absolute atomic E-state index is 12.9. The number of rotatable bonds is 6. The van der Waals surface area contributed by atoms with Gasteiger partial charge >= 0.3 is 6.03 Å². The van der Waals surface area contributed by atoms with Crippen molar-refractivity contribution in [3.63, 3.8) is 0 Å². The van der Waals surface area contributed by atoms with E-state index in [0.29, 0.717) is 35.4 Å². The number of ether oxygens (including phenoxy) is 1. The van der Waals surface area contributed by atoms with Crippen molar-refractivity contribution in [2.24, 2.45) is 11.8 Å². The molecule has 2 aliphatic rings. The number of hydrogen-bond donors (Lipinski definition) is 2. The Morgan fingerprint density at radius 3 is 2.79 bits per heavy atom. The zero-order valence-corrected chi connectivity index (χ0v) is 17.8. The molecule has 1 aromatic rings. The van der Waals surface area contributed by atoms with Crippen LogP contribution in [-0.2, 0) is 9.59 Å². The first kappa shape index (κ1) is 21.4. The van der Waals surface area contributed by atoms with E-state index in [4.69, 9.17) is 16.3 Å². The van der Waals surface area contributed by atoms with Crippen LogP contribution in [0.1, 0.15) is 46.5 Å². The van der Waals surface area contributed by atoms with Gasteiger partial charge in [0.1, 0.15) is 17.8 Å². The second-order valence-electron chi connectivity index (χ2n) is 8.34. The summed E-state index contributed by atoms with van der Waals surface area (Å²) < 4.78 is 5.62. The zero-order chi connectivity index (χ0) is 21.2. The fourth-order valence-corrected chi connectivity index (χ4v) is 4.17. The minimum absolute atomic E-state index is 0.0537. The van der Waals surface area contributed by atoms with Crippen LogP contribution in [0.5, 0.6) is 5.75 Å². The third kappa shape index (κ3) is 4.50. The summed E-state index contributed by atoms with van der Waals surface area (Å²) in [5.41, 5.74) is -0.390. The number of halogens is 1. The third-order valence-electron chi connectivity index (χ3n) is 5.59. The molecular weight excluding hydrogens is 394 g/mol. The molecule has 2 unspecified atom stereocenters. The van der Waals surface area contributed by atoms with Gasteiger partial charge < -0.3 is 15.4 Å². The molecule has 2 atom stereocenters. The smallest absolute Gasteiger partial charge is 0.325 e. The number of amides is 4. The molecule has 3 rings (SSSR count). The standard InChI is InChI=1S/C21H28ClN3O4/c1-13(2)12-29-17-8-7-15(10-16(17)22)23-18(26)11-25-19(27)21(24-20(25)28)9-5-4-6-14(21)3/h7-8,10,13-14H,4-6,9,11-12H2,1-3H3,(H,23,26)(H,24,28). The van der Waals surface area contributed by atoms with Crippen molar-refractivity contribution in [1.82, 2.24) is 10.2 Å². The van der Waals surface area contributed by atoms with E-state index < -0.39 is 17.5 Å². The van der Waals surface area contributed by atoms with Crippen LogP contribution in [-0.4, -0.2) is 41.4 Å². The van der Waals surface area contributed by atoms with Crippen LogP contribution < -0.4 is 15.4 Å². The van der Waals surface area contributed by atoms with Crippen LogP contribution in [0.25, 0.3) is 0 Å². The van der Waals surface area contributed by atoms with Gasteiger partial charge in [0.15, 0.2) is 0 Å². The number of hydrogen-bond acceptors (Lipinski definition) is 4. The van der Waals surface area contributed by atoms with E-state index >= 15 is 0 Å². The molecule has 1 saturated carbocycles. The van der Waals surface area contributed by atoms with Crippen LogP contribution in [0, 0.1) is 11.8 Å². The maximum Gasteiger partial charge on any atom is 0.325 e. The van der Waals surface area contributed by atoms with Crippen LogP contribution in [0.15, 0.2) is 18.2 Å². The Morgan fingerprint density at radius 2 is 2.14 bits per heavy atom. The van der Waals surface area contributed by atoms with Gasteiger partial charge in [0.25, 0.3) is 5.91 Å². The normalized spacial score (nSPS) is 24.2. The van der Waals surface area contributed by atoms with E-state index in [1.54, 1.807) is 18.2 Å². The minimum atomic E-state index is -0.867. The molecule has 1 aliphatic heterocycles. The maximum atomic E-state index is 12.9. The van der Waals surface area contributed by atoms with Crippen LogP contribution in [0.2, 0.25) is 5.02 Å². The molecule has 0 bridgehead atoms. The molecule has 1 aromatic carbocycles. The Morgan fingerprint density at radius 1 is 1.38 bits per heavy atom. The van der Waals surface area contributed by atoms with Crippen LogP contribution in [0.4, 0.5) is 10.5 Å². The second-order valence-corrected chi connectivity index (χ2v) is 8.75. The topological polar surface area (TPSA) is 87.7 Å². The molecule has 7 nitrogen and oxygen atoms in total. The Balaban J connectivity index is 1.63. The highest BCUT2D eigenvalue weighted by molar-refractivity contribution is 6.32. The van der Waals surface area contributed by atoms with Gasteiger partial charge in [-0.05, 0) is 42.9 Å². The summed E-state index contributed by atoms with van der Waals surface area (Å²) in [6, 6.07) is 4.45. The Bertz CT molecular complexity index is 813. The van der Waals surface area contributed by atoms with E-state index in [1.807, 2.05) is 20.8 Å². The van der Waals surface area contributed by atoms with E-state index in [1.165, 1.54) is 0 Å². The van der Waals surface area contributed by atoms with Crippen LogP contribution >= 0.6 is 11.6 Å². The van der Waals surface area contributed by atoms with E-state index in [0.717, 1.165) is 24.2 Å². The second kappa shape index (κ2) is 8.61. The first-order valence-corrected chi connectivity index (χ1v) is 10.5. The van der Waals surface area contributed by atoms with Crippen molar-refractivity contribution >= 4 is 35.1 Å². The number of nitrogens with zero attached hydrogens (tertiary/aromatic N) is 1. The molecule has 2 fully saturated rings. The molecule has 1 saturated heterocycles. The van der Waals surface area contributed by atoms with Crippen molar-refractivity contribution in [3.05, 3.63) is 23.2 Å². The van der Waals surface area contributed by atoms with E-state index in [9.17, 15) is 14.4 Å². The lowest BCUT2D eigenvalue weighted by Crippen LogP contribution is -2.54. The van der Waals surface area contributed by atoms with Crippen LogP contribution in [0.3, 0.4) is 0 Å². The summed E-state index contributed by atoms with van der Waals surface area (Å²) in [5, 5.41) is 5.92. The van der Waals surface area contributed by atoms with Crippen molar-refractivity contribution in [3.8, 4) is 5.75 Å². The largest absolute Gasteiger partial charge is 0.492 e. The van der Waals surface area contributed by atoms with Gasteiger partial charge in [0.2, 0.25) is 5.91 Å². The van der Waals surface area contributed by atoms with Gasteiger partial charge in [-0.15, -0.1) is 0 Å². The molecule has 4 amide bonds. The van der Waals surface area contributed by atoms with Gasteiger partial charge in [-0.1, -0.05) is 45.2 Å². The van der Waals surface area contributed by atoms with Gasteiger partial charge in [0.05, 0.1) is 11.6 Å². The summed E-state index contributed by atoms with van der Waals surface area (Å²) in [6.07, 6.45) is 3.43. The van der Waals surface area contributed by atoms with Gasteiger partial charge in [-0.25, -0.2) is 4.79 Å². The number of carbonyl (C=O) groups is 3. The number of imide groups is 1. The lowest BCUT2D eigenvalue weighted by atomic mass is 9.73. The molecule has 8 heteroatoms. The summed E-state index contributed by atoms with van der Waals surface area (Å²) in [6.45, 7) is 6.26. The highest BCUT2D eigenvalue weighted by Crippen LogP contribution is 2.38. The first-order valence-electron chi connectivity index (χ1n) is 10.1. The SMILES string of the molecule is CC(C)COc1ccc(NC(=O)CN2C(=O)NC3(CCCCC3C)C2=O)cc1Cl. The van der Waals surface area contributed by atoms with Crippen molar-refractivity contribution in [2.75, 3.05) is 18.5 Å². The van der Waals surface area contributed by atoms with Gasteiger partial charge in [0, 0.05) is 5.69 Å². The molecule has 29 heavy (non-hydrogen) atoms. The number of carbonyl (C=O) groups excluding carboxylic acids is 3. The van der Waals surface area contributed by atoms with E-state index in [2.05, 4.69) is 10.6 Å². The molecule has 1 aliphatic carbocycles. The predicted octanol–water partition coefficient (Wildman–Crippen LogP) is 3.81. The third-order valence-corrected chi connectivity index (χ3v) is 5.89. The van der Waals surface area contributed by atoms with Crippen molar-refractivity contribution < 1.29 is 19.1 Å². The molecule has 0 aromatic heterocycles. The minimum Gasteiger partial charge on any atom is -0.492 e. The summed E-state index contributed by atoms with van der Waals surface area (Å²) in [5.74, 6) is 0.199. The van der Waals surface area contributed by atoms with E-state index in [-0.39, 0.29) is 18.4 Å². The molecular formula is C21H28ClN3O4. The highest BCUT2D eigenvalue weighted by Gasteiger charge is 2.55. The van der Waals surface area contributed by atoms with Crippen molar-refractivity contribution in [2.45, 2.75) is 52.0 Å². The number of benzene rings is 1. The molecule has 2 N–H and O–H groups in total. The van der Waals surface area contributed by atoms with Gasteiger partial charge in [-0.3, -0.25) is 14.5 Å². The number of urea groups is 1. The summed E-state index contributed by atoms with van der Waals surface area (Å²) >= 11 is 6.22. The number of anilines is 1. The first-order chi connectivity index (χ1) is 13.7. The predicted molar refractivity (Wildman–Crippen MR) is 111 cm³/mol. The Labute approximate surface area is 176 Å². The lowest BCUT2D eigenvalue weighted by molar-refractivity contribution is -0.136.